The fourth-order valence-electron chi connectivity index (χ4n) is 2.31. The fraction of sp³-hybridized carbons (Fsp3) is 0.533. The zero-order valence-electron chi connectivity index (χ0n) is 12.6. The molecule has 0 aliphatic heterocycles. The Kier molecular flexibility index (Phi) is 5.52. The maximum absolute atomic E-state index is 5.01. The Balaban J connectivity index is 1.88. The van der Waals surface area contributed by atoms with Crippen molar-refractivity contribution in [2.24, 2.45) is 7.05 Å². The number of fused-ring (bicyclic) bond motifs is 1. The van der Waals surface area contributed by atoms with Crippen molar-refractivity contribution < 1.29 is 4.74 Å². The van der Waals surface area contributed by atoms with Crippen molar-refractivity contribution in [1.82, 2.24) is 20.0 Å². The number of hydrogen-bond donors (Lipinski definition) is 1. The summed E-state index contributed by atoms with van der Waals surface area (Å²) in [7, 11) is 5.85. The van der Waals surface area contributed by atoms with Gasteiger partial charge in [-0.05, 0) is 13.1 Å². The predicted molar refractivity (Wildman–Crippen MR) is 81.8 cm³/mol. The van der Waals surface area contributed by atoms with Crippen LogP contribution in [0.4, 0.5) is 0 Å². The maximum atomic E-state index is 5.01. The zero-order valence-corrected chi connectivity index (χ0v) is 12.6. The van der Waals surface area contributed by atoms with Crippen molar-refractivity contribution in [3.63, 3.8) is 0 Å². The van der Waals surface area contributed by atoms with Crippen LogP contribution >= 0.6 is 0 Å². The molecule has 2 aromatic rings. The minimum atomic E-state index is 0.759. The number of aromatic nitrogens is 2. The molecule has 1 aromatic heterocycles. The molecular formula is C15H24N4O. The summed E-state index contributed by atoms with van der Waals surface area (Å²) in [5.41, 5.74) is 2.33. The molecular weight excluding hydrogens is 252 g/mol. The van der Waals surface area contributed by atoms with Gasteiger partial charge in [-0.15, -0.1) is 0 Å². The molecule has 0 saturated heterocycles. The minimum Gasteiger partial charge on any atom is -0.383 e. The van der Waals surface area contributed by atoms with E-state index in [0.717, 1.165) is 38.5 Å². The summed E-state index contributed by atoms with van der Waals surface area (Å²) in [6.07, 6.45) is 0. The van der Waals surface area contributed by atoms with Gasteiger partial charge in [0.05, 0.1) is 17.8 Å². The van der Waals surface area contributed by atoms with E-state index < -0.39 is 0 Å². The van der Waals surface area contributed by atoms with E-state index in [1.807, 2.05) is 11.7 Å². The number of rotatable bonds is 8. The molecule has 110 valence electrons. The first-order valence-corrected chi connectivity index (χ1v) is 7.01. The summed E-state index contributed by atoms with van der Waals surface area (Å²) in [5, 5.41) is 9.22. The van der Waals surface area contributed by atoms with Gasteiger partial charge < -0.3 is 10.1 Å². The number of likely N-dealkylation sites (N-methyl/N-ethyl adjacent to an activating group) is 1. The van der Waals surface area contributed by atoms with Gasteiger partial charge in [-0.2, -0.15) is 5.10 Å². The van der Waals surface area contributed by atoms with Crippen LogP contribution in [0.3, 0.4) is 0 Å². The average Bonchev–Trinajstić information content (AvgIpc) is 2.76. The van der Waals surface area contributed by atoms with Gasteiger partial charge >= 0.3 is 0 Å². The number of para-hydroxylation sites is 1. The molecule has 5 heteroatoms. The number of aryl methyl sites for hydroxylation is 1. The molecule has 0 unspecified atom stereocenters. The molecule has 20 heavy (non-hydrogen) atoms. The van der Waals surface area contributed by atoms with E-state index in [4.69, 9.17) is 4.74 Å². The second kappa shape index (κ2) is 7.38. The van der Waals surface area contributed by atoms with Crippen molar-refractivity contribution in [3.05, 3.63) is 30.0 Å². The van der Waals surface area contributed by atoms with E-state index >= 15 is 0 Å². The molecule has 0 atom stereocenters. The lowest BCUT2D eigenvalue weighted by atomic mass is 10.2. The molecule has 1 N–H and O–H groups in total. The lowest BCUT2D eigenvalue weighted by Gasteiger charge is -2.15. The largest absolute Gasteiger partial charge is 0.383 e. The van der Waals surface area contributed by atoms with Gasteiger partial charge in [0.2, 0.25) is 0 Å². The first-order chi connectivity index (χ1) is 9.72. The van der Waals surface area contributed by atoms with Gasteiger partial charge in [0.1, 0.15) is 0 Å². The average molecular weight is 276 g/mol. The third-order valence-corrected chi connectivity index (χ3v) is 3.41. The van der Waals surface area contributed by atoms with Crippen LogP contribution < -0.4 is 5.32 Å². The van der Waals surface area contributed by atoms with E-state index in [1.54, 1.807) is 7.11 Å². The van der Waals surface area contributed by atoms with E-state index in [1.165, 1.54) is 10.9 Å². The van der Waals surface area contributed by atoms with E-state index in [2.05, 4.69) is 46.6 Å². The van der Waals surface area contributed by atoms with Crippen molar-refractivity contribution in [1.29, 1.82) is 0 Å². The number of benzene rings is 1. The molecule has 1 heterocycles. The summed E-state index contributed by atoms with van der Waals surface area (Å²) in [5.74, 6) is 0. The summed E-state index contributed by atoms with van der Waals surface area (Å²) < 4.78 is 6.96. The van der Waals surface area contributed by atoms with Crippen LogP contribution in [0.2, 0.25) is 0 Å². The standard InChI is InChI=1S/C15H24N4O/c1-18(10-8-16-9-11-20-3)12-14-13-6-4-5-7-15(13)19(2)17-14/h4-7,16H,8-12H2,1-3H3. The molecule has 0 amide bonds. The van der Waals surface area contributed by atoms with E-state index in [9.17, 15) is 0 Å². The molecule has 5 nitrogen and oxygen atoms in total. The second-order valence-electron chi connectivity index (χ2n) is 5.07. The van der Waals surface area contributed by atoms with Gasteiger partial charge in [0.25, 0.3) is 0 Å². The van der Waals surface area contributed by atoms with Gasteiger partial charge in [-0.25, -0.2) is 0 Å². The van der Waals surface area contributed by atoms with Gasteiger partial charge in [0.15, 0.2) is 0 Å². The monoisotopic (exact) mass is 276 g/mol. The van der Waals surface area contributed by atoms with Crippen LogP contribution in [0.15, 0.2) is 24.3 Å². The van der Waals surface area contributed by atoms with Gasteiger partial charge in [0, 0.05) is 45.7 Å². The molecule has 0 spiro atoms. The van der Waals surface area contributed by atoms with Crippen molar-refractivity contribution in [2.45, 2.75) is 6.54 Å². The Labute approximate surface area is 120 Å². The minimum absolute atomic E-state index is 0.759. The van der Waals surface area contributed by atoms with Crippen LogP contribution in [-0.2, 0) is 18.3 Å². The van der Waals surface area contributed by atoms with Crippen molar-refractivity contribution >= 4 is 10.9 Å². The Bertz CT molecular complexity index is 538. The normalized spacial score (nSPS) is 11.6. The van der Waals surface area contributed by atoms with E-state index in [-0.39, 0.29) is 0 Å². The fourth-order valence-corrected chi connectivity index (χ4v) is 2.31. The highest BCUT2D eigenvalue weighted by Crippen LogP contribution is 2.18. The Morgan fingerprint density at radius 1 is 1.30 bits per heavy atom. The first-order valence-electron chi connectivity index (χ1n) is 7.01. The maximum Gasteiger partial charge on any atom is 0.0843 e. The lowest BCUT2D eigenvalue weighted by Crippen LogP contribution is -2.30. The number of hydrogen-bond acceptors (Lipinski definition) is 4. The number of ether oxygens (including phenoxy) is 1. The topological polar surface area (TPSA) is 42.3 Å². The van der Waals surface area contributed by atoms with E-state index in [0.29, 0.717) is 0 Å². The Morgan fingerprint density at radius 2 is 2.10 bits per heavy atom. The van der Waals surface area contributed by atoms with Gasteiger partial charge in [-0.3, -0.25) is 9.58 Å². The van der Waals surface area contributed by atoms with Crippen LogP contribution in [-0.4, -0.2) is 55.1 Å². The molecule has 0 aliphatic rings. The number of nitrogens with zero attached hydrogens (tertiary/aromatic N) is 3. The SMILES string of the molecule is COCCNCCN(C)Cc1nn(C)c2ccccc12. The smallest absolute Gasteiger partial charge is 0.0843 e. The highest BCUT2D eigenvalue weighted by atomic mass is 16.5. The highest BCUT2D eigenvalue weighted by Gasteiger charge is 2.09. The highest BCUT2D eigenvalue weighted by molar-refractivity contribution is 5.81. The van der Waals surface area contributed by atoms with Crippen LogP contribution in [0.5, 0.6) is 0 Å². The number of nitrogens with one attached hydrogen (secondary N) is 1. The molecule has 0 aliphatic carbocycles. The summed E-state index contributed by atoms with van der Waals surface area (Å²) in [6, 6.07) is 8.37. The Morgan fingerprint density at radius 3 is 2.90 bits per heavy atom. The molecule has 0 radical (unpaired) electrons. The first kappa shape index (κ1) is 15.0. The molecule has 1 aromatic carbocycles. The van der Waals surface area contributed by atoms with Gasteiger partial charge in [-0.1, -0.05) is 18.2 Å². The molecule has 0 fully saturated rings. The summed E-state index contributed by atoms with van der Waals surface area (Å²) in [4.78, 5) is 2.29. The van der Waals surface area contributed by atoms with Crippen molar-refractivity contribution in [2.75, 3.05) is 40.4 Å². The Hall–Kier alpha value is -1.43. The summed E-state index contributed by atoms with van der Waals surface area (Å²) >= 11 is 0. The van der Waals surface area contributed by atoms with Crippen LogP contribution in [0.1, 0.15) is 5.69 Å². The van der Waals surface area contributed by atoms with Crippen LogP contribution in [0, 0.1) is 0 Å². The second-order valence-corrected chi connectivity index (χ2v) is 5.07. The number of methoxy groups -OCH3 is 1. The zero-order chi connectivity index (χ0) is 14.4. The third-order valence-electron chi connectivity index (χ3n) is 3.41. The predicted octanol–water partition coefficient (Wildman–Crippen LogP) is 1.24. The molecule has 0 saturated carbocycles. The third kappa shape index (κ3) is 3.79. The quantitative estimate of drug-likeness (QED) is 0.737. The lowest BCUT2D eigenvalue weighted by molar-refractivity contribution is 0.197. The van der Waals surface area contributed by atoms with Crippen molar-refractivity contribution in [3.8, 4) is 0 Å². The summed E-state index contributed by atoms with van der Waals surface area (Å²) in [6.45, 7) is 4.48. The molecule has 0 bridgehead atoms. The molecule has 2 rings (SSSR count). The van der Waals surface area contributed by atoms with Crippen LogP contribution in [0.25, 0.3) is 10.9 Å².